The van der Waals surface area contributed by atoms with Gasteiger partial charge in [-0.3, -0.25) is 4.79 Å². The highest BCUT2D eigenvalue weighted by Gasteiger charge is 2.50. The van der Waals surface area contributed by atoms with Gasteiger partial charge in [0.05, 0.1) is 26.4 Å². The first-order valence-electron chi connectivity index (χ1n) is 9.47. The van der Waals surface area contributed by atoms with Crippen molar-refractivity contribution in [2.45, 2.75) is 32.7 Å². The third kappa shape index (κ3) is 5.22. The summed E-state index contributed by atoms with van der Waals surface area (Å²) < 4.78 is 15.5. The van der Waals surface area contributed by atoms with E-state index in [4.69, 9.17) is 14.2 Å². The molecule has 2 rings (SSSR count). The number of carbonyl (C=O) groups excluding carboxylic acids is 3. The number of anilines is 1. The summed E-state index contributed by atoms with van der Waals surface area (Å²) in [5.74, 6) is -2.19. The van der Waals surface area contributed by atoms with Crippen LogP contribution >= 0.6 is 0 Å². The lowest BCUT2D eigenvalue weighted by Crippen LogP contribution is -2.62. The van der Waals surface area contributed by atoms with Gasteiger partial charge < -0.3 is 24.4 Å². The summed E-state index contributed by atoms with van der Waals surface area (Å²) in [5, 5.41) is 2.47. The topological polar surface area (TPSA) is 94.2 Å². The number of esters is 2. The van der Waals surface area contributed by atoms with Gasteiger partial charge in [0.1, 0.15) is 0 Å². The van der Waals surface area contributed by atoms with Gasteiger partial charge in [0.2, 0.25) is 11.4 Å². The zero-order valence-electron chi connectivity index (χ0n) is 16.7. The lowest BCUT2D eigenvalue weighted by atomic mass is 9.90. The molecule has 154 valence electrons. The Labute approximate surface area is 165 Å². The van der Waals surface area contributed by atoms with Crippen LogP contribution in [0.3, 0.4) is 0 Å². The van der Waals surface area contributed by atoms with Crippen molar-refractivity contribution >= 4 is 23.5 Å². The average Bonchev–Trinajstić information content (AvgIpc) is 2.68. The van der Waals surface area contributed by atoms with Crippen LogP contribution in [0, 0.1) is 0 Å². The third-order valence-corrected chi connectivity index (χ3v) is 4.42. The molecule has 0 unspecified atom stereocenters. The number of nitrogens with one attached hydrogen (secondary N) is 1. The summed E-state index contributed by atoms with van der Waals surface area (Å²) in [4.78, 5) is 39.3. The lowest BCUT2D eigenvalue weighted by molar-refractivity contribution is -0.168. The zero-order chi connectivity index (χ0) is 20.6. The van der Waals surface area contributed by atoms with E-state index in [9.17, 15) is 14.4 Å². The summed E-state index contributed by atoms with van der Waals surface area (Å²) in [6.45, 7) is 7.65. The molecule has 8 heteroatoms. The maximum absolute atomic E-state index is 12.7. The Kier molecular flexibility index (Phi) is 7.80. The van der Waals surface area contributed by atoms with E-state index in [1.165, 1.54) is 6.92 Å². The Balaban J connectivity index is 2.30. The molecule has 1 fully saturated rings. The maximum Gasteiger partial charge on any atom is 0.344 e. The predicted molar refractivity (Wildman–Crippen MR) is 103 cm³/mol. The van der Waals surface area contributed by atoms with Gasteiger partial charge in [0.15, 0.2) is 0 Å². The number of benzene rings is 1. The quantitative estimate of drug-likeness (QED) is 0.522. The molecule has 1 aromatic carbocycles. The van der Waals surface area contributed by atoms with Crippen LogP contribution in [0.2, 0.25) is 0 Å². The molecule has 1 saturated heterocycles. The highest BCUT2D eigenvalue weighted by atomic mass is 16.6. The number of morpholine rings is 1. The van der Waals surface area contributed by atoms with Crippen molar-refractivity contribution < 1.29 is 28.6 Å². The zero-order valence-corrected chi connectivity index (χ0v) is 16.7. The SMILES string of the molecule is CCOC(=O)C(Cc1ccc(N2CCOCC2)cc1)(NC(C)=O)C(=O)OCC. The molecule has 1 N–H and O–H groups in total. The van der Waals surface area contributed by atoms with E-state index < -0.39 is 23.4 Å². The number of ether oxygens (including phenoxy) is 3. The van der Waals surface area contributed by atoms with Gasteiger partial charge in [0, 0.05) is 32.1 Å². The lowest BCUT2D eigenvalue weighted by Gasteiger charge is -2.31. The van der Waals surface area contributed by atoms with E-state index in [1.807, 2.05) is 24.3 Å². The first kappa shape index (κ1) is 21.7. The third-order valence-electron chi connectivity index (χ3n) is 4.42. The van der Waals surface area contributed by atoms with Gasteiger partial charge in [0.25, 0.3) is 0 Å². The number of hydrogen-bond acceptors (Lipinski definition) is 7. The number of rotatable bonds is 8. The van der Waals surface area contributed by atoms with Gasteiger partial charge in [-0.25, -0.2) is 9.59 Å². The molecule has 1 aliphatic rings. The number of nitrogens with zero attached hydrogens (tertiary/aromatic N) is 1. The van der Waals surface area contributed by atoms with Gasteiger partial charge in [-0.2, -0.15) is 0 Å². The second-order valence-electron chi connectivity index (χ2n) is 6.47. The predicted octanol–water partition coefficient (Wildman–Crippen LogP) is 1.07. The summed E-state index contributed by atoms with van der Waals surface area (Å²) in [7, 11) is 0. The van der Waals surface area contributed by atoms with Crippen molar-refractivity contribution in [1.82, 2.24) is 5.32 Å². The normalized spacial score (nSPS) is 14.3. The fraction of sp³-hybridized carbons (Fsp3) is 0.550. The minimum Gasteiger partial charge on any atom is -0.464 e. The minimum absolute atomic E-state index is 0.0619. The number of amides is 1. The van der Waals surface area contributed by atoms with Crippen molar-refractivity contribution in [3.63, 3.8) is 0 Å². The van der Waals surface area contributed by atoms with Crippen molar-refractivity contribution in [3.8, 4) is 0 Å². The van der Waals surface area contributed by atoms with Crippen LogP contribution < -0.4 is 10.2 Å². The van der Waals surface area contributed by atoms with Crippen molar-refractivity contribution in [2.24, 2.45) is 0 Å². The van der Waals surface area contributed by atoms with E-state index >= 15 is 0 Å². The first-order valence-corrected chi connectivity index (χ1v) is 9.47. The number of carbonyl (C=O) groups is 3. The fourth-order valence-electron chi connectivity index (χ4n) is 3.14. The Bertz CT molecular complexity index is 664. The molecule has 0 radical (unpaired) electrons. The smallest absolute Gasteiger partial charge is 0.344 e. The van der Waals surface area contributed by atoms with Gasteiger partial charge in [-0.1, -0.05) is 12.1 Å². The molecule has 8 nitrogen and oxygen atoms in total. The molecule has 0 aromatic heterocycles. The Morgan fingerprint density at radius 2 is 1.57 bits per heavy atom. The van der Waals surface area contributed by atoms with Gasteiger partial charge in [-0.15, -0.1) is 0 Å². The molecular weight excluding hydrogens is 364 g/mol. The van der Waals surface area contributed by atoms with Crippen molar-refractivity contribution in [2.75, 3.05) is 44.4 Å². The van der Waals surface area contributed by atoms with Crippen LogP contribution in [0.5, 0.6) is 0 Å². The molecule has 0 spiro atoms. The number of hydrogen-bond donors (Lipinski definition) is 1. The highest BCUT2D eigenvalue weighted by Crippen LogP contribution is 2.22. The van der Waals surface area contributed by atoms with Gasteiger partial charge in [-0.05, 0) is 31.5 Å². The monoisotopic (exact) mass is 392 g/mol. The van der Waals surface area contributed by atoms with E-state index in [-0.39, 0.29) is 19.6 Å². The molecule has 0 saturated carbocycles. The van der Waals surface area contributed by atoms with Crippen LogP contribution in [0.4, 0.5) is 5.69 Å². The van der Waals surface area contributed by atoms with Gasteiger partial charge >= 0.3 is 11.9 Å². The van der Waals surface area contributed by atoms with E-state index in [0.29, 0.717) is 18.8 Å². The summed E-state index contributed by atoms with van der Waals surface area (Å²) in [5.41, 5.74) is -0.186. The van der Waals surface area contributed by atoms with Crippen molar-refractivity contribution in [3.05, 3.63) is 29.8 Å². The molecule has 0 bridgehead atoms. The molecular formula is C20H28N2O6. The van der Waals surface area contributed by atoms with Crippen LogP contribution in [0.15, 0.2) is 24.3 Å². The molecule has 0 atom stereocenters. The Morgan fingerprint density at radius 1 is 1.04 bits per heavy atom. The van der Waals surface area contributed by atoms with Crippen molar-refractivity contribution in [1.29, 1.82) is 0 Å². The van der Waals surface area contributed by atoms with E-state index in [0.717, 1.165) is 18.8 Å². The highest BCUT2D eigenvalue weighted by molar-refractivity contribution is 6.08. The summed E-state index contributed by atoms with van der Waals surface area (Å²) in [6.07, 6.45) is -0.0619. The van der Waals surface area contributed by atoms with Crippen LogP contribution in [-0.4, -0.2) is 62.9 Å². The second kappa shape index (κ2) is 10.1. The Morgan fingerprint density at radius 3 is 2.04 bits per heavy atom. The Hall–Kier alpha value is -2.61. The van der Waals surface area contributed by atoms with Crippen LogP contribution in [0.1, 0.15) is 26.3 Å². The van der Waals surface area contributed by atoms with Crippen LogP contribution in [0.25, 0.3) is 0 Å². The standard InChI is InChI=1S/C20H28N2O6/c1-4-27-18(24)20(21-15(3)23,19(25)28-5-2)14-16-6-8-17(9-7-16)22-10-12-26-13-11-22/h6-9H,4-5,10-14H2,1-3H3,(H,21,23). The summed E-state index contributed by atoms with van der Waals surface area (Å²) >= 11 is 0. The maximum atomic E-state index is 12.7. The minimum atomic E-state index is -1.92. The molecule has 1 aromatic rings. The molecule has 0 aliphatic carbocycles. The summed E-state index contributed by atoms with van der Waals surface area (Å²) in [6, 6.07) is 7.52. The molecule has 1 amide bonds. The average molecular weight is 392 g/mol. The van der Waals surface area contributed by atoms with E-state index in [2.05, 4.69) is 10.2 Å². The van der Waals surface area contributed by atoms with Crippen LogP contribution in [-0.2, 0) is 35.0 Å². The second-order valence-corrected chi connectivity index (χ2v) is 6.47. The molecule has 1 aliphatic heterocycles. The van der Waals surface area contributed by atoms with E-state index in [1.54, 1.807) is 13.8 Å². The first-order chi connectivity index (χ1) is 13.4. The largest absolute Gasteiger partial charge is 0.464 e. The fourth-order valence-corrected chi connectivity index (χ4v) is 3.14. The molecule has 28 heavy (non-hydrogen) atoms. The molecule has 1 heterocycles.